The fourth-order valence-corrected chi connectivity index (χ4v) is 6.81. The summed E-state index contributed by atoms with van der Waals surface area (Å²) >= 11 is 1.68. The molecule has 0 bridgehead atoms. The zero-order valence-corrected chi connectivity index (χ0v) is 19.5. The van der Waals surface area contributed by atoms with Gasteiger partial charge in [0.15, 0.2) is 15.8 Å². The zero-order chi connectivity index (χ0) is 17.9. The summed E-state index contributed by atoms with van der Waals surface area (Å²) in [6, 6.07) is 0. The van der Waals surface area contributed by atoms with Gasteiger partial charge in [0.25, 0.3) is 0 Å². The van der Waals surface area contributed by atoms with Gasteiger partial charge in [-0.25, -0.2) is 13.4 Å². The topological polar surface area (TPSA) is 74.7 Å². The third-order valence-electron chi connectivity index (χ3n) is 5.37. The number of aryl methyl sites for hydroxylation is 1. The molecule has 3 rings (SSSR count). The molecule has 2 aliphatic rings. The molecule has 0 aromatic carbocycles. The summed E-state index contributed by atoms with van der Waals surface area (Å²) in [6.45, 7) is 3.81. The summed E-state index contributed by atoms with van der Waals surface area (Å²) in [5.74, 6) is 1.01. The third kappa shape index (κ3) is 4.52. The van der Waals surface area contributed by atoms with Gasteiger partial charge in [-0.2, -0.15) is 0 Å². The first kappa shape index (κ1) is 21.9. The lowest BCUT2D eigenvalue weighted by atomic mass is 9.87. The molecule has 1 aromatic rings. The molecular weight excluding hydrogens is 483 g/mol. The van der Waals surface area contributed by atoms with Gasteiger partial charge in [-0.15, -0.1) is 35.3 Å². The van der Waals surface area contributed by atoms with E-state index in [0.717, 1.165) is 55.2 Å². The molecule has 0 amide bonds. The molecule has 1 aromatic heterocycles. The standard InChI is InChI=1S/C17H28N4O2S2.HI/c1-3-15-20-14(12-24-15)11-19-16(18-2)21-9-10-25(22,23)17(13-21)7-5-4-6-8-17;/h12H,3-11,13H2,1-2H3,(H,18,19);1H. The first-order valence-corrected chi connectivity index (χ1v) is 11.6. The molecule has 0 radical (unpaired) electrons. The molecule has 9 heteroatoms. The Kier molecular flexibility index (Phi) is 7.73. The van der Waals surface area contributed by atoms with Gasteiger partial charge in [-0.1, -0.05) is 26.2 Å². The first-order valence-electron chi connectivity index (χ1n) is 9.11. The highest BCUT2D eigenvalue weighted by atomic mass is 127. The van der Waals surface area contributed by atoms with Gasteiger partial charge in [-0.05, 0) is 19.3 Å². The van der Waals surface area contributed by atoms with Crippen molar-refractivity contribution in [1.29, 1.82) is 0 Å². The van der Waals surface area contributed by atoms with Crippen LogP contribution in [0.1, 0.15) is 49.7 Å². The number of nitrogens with one attached hydrogen (secondary N) is 1. The SMILES string of the molecule is CCc1nc(CNC(=NC)N2CCS(=O)(=O)C3(CCCCC3)C2)cs1.I. The zero-order valence-electron chi connectivity index (χ0n) is 15.5. The highest BCUT2D eigenvalue weighted by Gasteiger charge is 2.48. The molecule has 1 saturated heterocycles. The number of hydrogen-bond donors (Lipinski definition) is 1. The summed E-state index contributed by atoms with van der Waals surface area (Å²) in [5.41, 5.74) is 1.01. The number of hydrogen-bond acceptors (Lipinski definition) is 5. The van der Waals surface area contributed by atoms with Crippen LogP contribution in [0.2, 0.25) is 0 Å². The van der Waals surface area contributed by atoms with Crippen molar-refractivity contribution >= 4 is 51.1 Å². The van der Waals surface area contributed by atoms with Crippen LogP contribution in [0.4, 0.5) is 0 Å². The van der Waals surface area contributed by atoms with E-state index >= 15 is 0 Å². The maximum atomic E-state index is 12.7. The molecule has 2 heterocycles. The third-order valence-corrected chi connectivity index (χ3v) is 8.99. The Hall–Kier alpha value is -0.420. The van der Waals surface area contributed by atoms with E-state index in [2.05, 4.69) is 32.5 Å². The molecule has 0 atom stereocenters. The molecule has 1 N–H and O–H groups in total. The molecule has 2 fully saturated rings. The monoisotopic (exact) mass is 512 g/mol. The Balaban J connectivity index is 0.00000243. The molecular formula is C17H29IN4O2S2. The van der Waals surface area contributed by atoms with Crippen molar-refractivity contribution in [3.8, 4) is 0 Å². The van der Waals surface area contributed by atoms with Crippen LogP contribution in [0.15, 0.2) is 10.4 Å². The maximum absolute atomic E-state index is 12.7. The van der Waals surface area contributed by atoms with Crippen molar-refractivity contribution in [1.82, 2.24) is 15.2 Å². The van der Waals surface area contributed by atoms with Crippen LogP contribution in [-0.4, -0.2) is 54.9 Å². The Morgan fingerprint density at radius 2 is 2.12 bits per heavy atom. The van der Waals surface area contributed by atoms with E-state index in [0.29, 0.717) is 19.6 Å². The molecule has 1 aliphatic carbocycles. The van der Waals surface area contributed by atoms with E-state index in [4.69, 9.17) is 0 Å². The van der Waals surface area contributed by atoms with Gasteiger partial charge >= 0.3 is 0 Å². The van der Waals surface area contributed by atoms with Crippen LogP contribution in [0.3, 0.4) is 0 Å². The predicted octanol–water partition coefficient (Wildman–Crippen LogP) is 2.83. The van der Waals surface area contributed by atoms with E-state index < -0.39 is 14.6 Å². The summed E-state index contributed by atoms with van der Waals surface area (Å²) < 4.78 is 24.9. The Morgan fingerprint density at radius 3 is 2.73 bits per heavy atom. The second-order valence-electron chi connectivity index (χ2n) is 6.97. The van der Waals surface area contributed by atoms with Gasteiger partial charge in [0.2, 0.25) is 0 Å². The van der Waals surface area contributed by atoms with E-state index in [9.17, 15) is 8.42 Å². The van der Waals surface area contributed by atoms with Crippen LogP contribution in [0, 0.1) is 0 Å². The summed E-state index contributed by atoms with van der Waals surface area (Å²) in [5, 5.41) is 6.58. The van der Waals surface area contributed by atoms with E-state index in [1.54, 1.807) is 18.4 Å². The summed E-state index contributed by atoms with van der Waals surface area (Å²) in [7, 11) is -1.26. The Labute approximate surface area is 177 Å². The molecule has 0 unspecified atom stereocenters. The van der Waals surface area contributed by atoms with Crippen LogP contribution in [0.5, 0.6) is 0 Å². The smallest absolute Gasteiger partial charge is 0.194 e. The predicted molar refractivity (Wildman–Crippen MR) is 118 cm³/mol. The minimum absolute atomic E-state index is 0. The molecule has 1 saturated carbocycles. The van der Waals surface area contributed by atoms with E-state index in [-0.39, 0.29) is 29.7 Å². The molecule has 1 aliphatic heterocycles. The van der Waals surface area contributed by atoms with Crippen LogP contribution in [0.25, 0.3) is 0 Å². The van der Waals surface area contributed by atoms with Gasteiger partial charge in [0, 0.05) is 25.5 Å². The van der Waals surface area contributed by atoms with Crippen LogP contribution < -0.4 is 5.32 Å². The summed E-state index contributed by atoms with van der Waals surface area (Å²) in [4.78, 5) is 11.1. The van der Waals surface area contributed by atoms with E-state index in [1.165, 1.54) is 0 Å². The highest BCUT2D eigenvalue weighted by molar-refractivity contribution is 14.0. The minimum atomic E-state index is -3.02. The second-order valence-corrected chi connectivity index (χ2v) is 10.4. The minimum Gasteiger partial charge on any atom is -0.351 e. The quantitative estimate of drug-likeness (QED) is 0.383. The Bertz CT molecular complexity index is 727. The largest absolute Gasteiger partial charge is 0.351 e. The average Bonchev–Trinajstić information content (AvgIpc) is 3.08. The van der Waals surface area contributed by atoms with Gasteiger partial charge in [0.1, 0.15) is 0 Å². The number of nitrogens with zero attached hydrogens (tertiary/aromatic N) is 3. The van der Waals surface area contributed by atoms with Crippen molar-refractivity contribution in [3.63, 3.8) is 0 Å². The van der Waals surface area contributed by atoms with Gasteiger partial charge < -0.3 is 10.2 Å². The average molecular weight is 512 g/mol. The number of halogens is 1. The van der Waals surface area contributed by atoms with Crippen molar-refractivity contribution in [3.05, 3.63) is 16.1 Å². The highest BCUT2D eigenvalue weighted by Crippen LogP contribution is 2.38. The van der Waals surface area contributed by atoms with Crippen molar-refractivity contribution < 1.29 is 8.42 Å². The normalized spacial score (nSPS) is 22.1. The number of thiazole rings is 1. The van der Waals surface area contributed by atoms with Gasteiger partial charge in [-0.3, -0.25) is 4.99 Å². The number of rotatable bonds is 3. The summed E-state index contributed by atoms with van der Waals surface area (Å²) in [6.07, 6.45) is 5.69. The lowest BCUT2D eigenvalue weighted by Crippen LogP contribution is -2.60. The van der Waals surface area contributed by atoms with E-state index in [1.807, 2.05) is 0 Å². The molecule has 6 nitrogen and oxygen atoms in total. The second kappa shape index (κ2) is 9.18. The molecule has 26 heavy (non-hydrogen) atoms. The van der Waals surface area contributed by atoms with Crippen molar-refractivity contribution in [2.75, 3.05) is 25.9 Å². The number of sulfone groups is 1. The van der Waals surface area contributed by atoms with Crippen LogP contribution >= 0.6 is 35.3 Å². The lowest BCUT2D eigenvalue weighted by molar-refractivity contribution is 0.274. The lowest BCUT2D eigenvalue weighted by Gasteiger charge is -2.45. The fourth-order valence-electron chi connectivity index (χ4n) is 3.91. The van der Waals surface area contributed by atoms with Gasteiger partial charge in [0.05, 0.1) is 27.7 Å². The molecule has 1 spiro atoms. The number of aliphatic imine (C=N–C) groups is 1. The fraction of sp³-hybridized carbons (Fsp3) is 0.765. The van der Waals surface area contributed by atoms with Crippen molar-refractivity contribution in [2.24, 2.45) is 4.99 Å². The molecule has 148 valence electrons. The number of guanidine groups is 1. The Morgan fingerprint density at radius 1 is 1.38 bits per heavy atom. The van der Waals surface area contributed by atoms with Crippen molar-refractivity contribution in [2.45, 2.75) is 56.7 Å². The maximum Gasteiger partial charge on any atom is 0.194 e. The van der Waals surface area contributed by atoms with Crippen LogP contribution in [-0.2, 0) is 22.8 Å². The number of aromatic nitrogens is 1. The first-order chi connectivity index (χ1) is 12.0.